The first-order valence-corrected chi connectivity index (χ1v) is 7.62. The highest BCUT2D eigenvalue weighted by molar-refractivity contribution is 6.04. The number of carbonyl (C=O) groups is 1. The van der Waals surface area contributed by atoms with Crippen molar-refractivity contribution in [1.82, 2.24) is 0 Å². The molecule has 0 atom stereocenters. The lowest BCUT2D eigenvalue weighted by Crippen LogP contribution is -2.13. The van der Waals surface area contributed by atoms with E-state index < -0.39 is 17.5 Å². The van der Waals surface area contributed by atoms with Gasteiger partial charge in [-0.15, -0.1) is 0 Å². The summed E-state index contributed by atoms with van der Waals surface area (Å²) in [5.41, 5.74) is 0.0283. The van der Waals surface area contributed by atoms with Crippen LogP contribution in [0.15, 0.2) is 36.4 Å². The van der Waals surface area contributed by atoms with E-state index >= 15 is 0 Å². The zero-order valence-corrected chi connectivity index (χ0v) is 13.6. The van der Waals surface area contributed by atoms with Crippen LogP contribution in [0, 0.1) is 11.6 Å². The van der Waals surface area contributed by atoms with E-state index in [1.165, 1.54) is 19.2 Å². The van der Waals surface area contributed by atoms with Crippen molar-refractivity contribution in [3.05, 3.63) is 53.6 Å². The number of hydrogen-bond acceptors (Lipinski definition) is 3. The summed E-state index contributed by atoms with van der Waals surface area (Å²) >= 11 is 0. The molecule has 0 fully saturated rings. The number of carbonyl (C=O) groups excluding carboxylic acids is 1. The maximum atomic E-state index is 13.6. The molecule has 0 spiro atoms. The van der Waals surface area contributed by atoms with Crippen LogP contribution in [0.1, 0.15) is 30.1 Å². The van der Waals surface area contributed by atoms with E-state index in [9.17, 15) is 13.6 Å². The first kappa shape index (κ1) is 17.7. The van der Waals surface area contributed by atoms with Crippen molar-refractivity contribution in [3.8, 4) is 11.5 Å². The average molecular weight is 335 g/mol. The lowest BCUT2D eigenvalue weighted by molar-refractivity contribution is 0.102. The summed E-state index contributed by atoms with van der Waals surface area (Å²) in [6, 6.07) is 7.51. The van der Waals surface area contributed by atoms with Crippen LogP contribution in [0.5, 0.6) is 11.5 Å². The van der Waals surface area contributed by atoms with Crippen molar-refractivity contribution in [1.29, 1.82) is 0 Å². The Morgan fingerprint density at radius 3 is 2.62 bits per heavy atom. The van der Waals surface area contributed by atoms with Crippen molar-refractivity contribution < 1.29 is 23.0 Å². The second-order valence-electron chi connectivity index (χ2n) is 5.15. The van der Waals surface area contributed by atoms with Gasteiger partial charge >= 0.3 is 0 Å². The first-order chi connectivity index (χ1) is 11.5. The molecule has 0 aliphatic carbocycles. The monoisotopic (exact) mass is 335 g/mol. The van der Waals surface area contributed by atoms with Gasteiger partial charge in [0.2, 0.25) is 0 Å². The molecule has 24 heavy (non-hydrogen) atoms. The highest BCUT2D eigenvalue weighted by Gasteiger charge is 2.13. The molecule has 0 bridgehead atoms. The summed E-state index contributed by atoms with van der Waals surface area (Å²) in [6.45, 7) is 2.60. The molecule has 6 heteroatoms. The van der Waals surface area contributed by atoms with E-state index in [2.05, 4.69) is 12.2 Å². The van der Waals surface area contributed by atoms with Gasteiger partial charge < -0.3 is 14.8 Å². The maximum absolute atomic E-state index is 13.6. The van der Waals surface area contributed by atoms with Crippen molar-refractivity contribution in [2.75, 3.05) is 19.0 Å². The lowest BCUT2D eigenvalue weighted by Gasteiger charge is -2.12. The van der Waals surface area contributed by atoms with Crippen LogP contribution < -0.4 is 14.8 Å². The van der Waals surface area contributed by atoms with E-state index in [-0.39, 0.29) is 11.3 Å². The summed E-state index contributed by atoms with van der Waals surface area (Å²) in [6.07, 6.45) is 1.91. The second-order valence-corrected chi connectivity index (χ2v) is 5.15. The Hall–Kier alpha value is -2.63. The number of nitrogens with one attached hydrogen (secondary N) is 1. The van der Waals surface area contributed by atoms with Gasteiger partial charge in [0.15, 0.2) is 11.5 Å². The topological polar surface area (TPSA) is 47.6 Å². The fourth-order valence-corrected chi connectivity index (χ4v) is 2.04. The smallest absolute Gasteiger partial charge is 0.255 e. The number of halogens is 2. The van der Waals surface area contributed by atoms with Gasteiger partial charge in [-0.2, -0.15) is 0 Å². The fraction of sp³-hybridized carbons (Fsp3) is 0.278. The summed E-state index contributed by atoms with van der Waals surface area (Å²) in [4.78, 5) is 12.2. The number of rotatable bonds is 7. The molecule has 4 nitrogen and oxygen atoms in total. The molecule has 1 N–H and O–H groups in total. The molecule has 0 aromatic heterocycles. The minimum absolute atomic E-state index is 0.220. The molecule has 0 unspecified atom stereocenters. The molecule has 2 aromatic rings. The molecule has 2 rings (SSSR count). The molecular weight excluding hydrogens is 316 g/mol. The van der Waals surface area contributed by atoms with Gasteiger partial charge in [0, 0.05) is 11.6 Å². The van der Waals surface area contributed by atoms with E-state index in [0.717, 1.165) is 31.0 Å². The SMILES string of the molecule is CCCCOc1ccc(C(=O)Nc2cc(F)ccc2F)cc1OC. The zero-order chi connectivity index (χ0) is 17.5. The Labute approximate surface area is 139 Å². The second kappa shape index (κ2) is 8.29. The van der Waals surface area contributed by atoms with Gasteiger partial charge in [-0.1, -0.05) is 13.3 Å². The van der Waals surface area contributed by atoms with Gasteiger partial charge in [-0.3, -0.25) is 4.79 Å². The summed E-state index contributed by atoms with van der Waals surface area (Å²) in [7, 11) is 1.47. The van der Waals surface area contributed by atoms with Gasteiger partial charge in [-0.25, -0.2) is 8.78 Å². The molecule has 0 aliphatic rings. The largest absolute Gasteiger partial charge is 0.493 e. The van der Waals surface area contributed by atoms with Crippen molar-refractivity contribution in [2.24, 2.45) is 0 Å². The minimum atomic E-state index is -0.712. The van der Waals surface area contributed by atoms with Crippen LogP contribution >= 0.6 is 0 Å². The Balaban J connectivity index is 2.16. The molecule has 1 amide bonds. The van der Waals surface area contributed by atoms with E-state index in [1.807, 2.05) is 0 Å². The number of methoxy groups -OCH3 is 1. The zero-order valence-electron chi connectivity index (χ0n) is 13.6. The van der Waals surface area contributed by atoms with Gasteiger partial charge in [0.1, 0.15) is 11.6 Å². The third-order valence-electron chi connectivity index (χ3n) is 3.36. The number of amides is 1. The van der Waals surface area contributed by atoms with Crippen LogP contribution in [0.4, 0.5) is 14.5 Å². The van der Waals surface area contributed by atoms with Crippen LogP contribution in [0.3, 0.4) is 0 Å². The summed E-state index contributed by atoms with van der Waals surface area (Å²) in [5, 5.41) is 2.34. The molecule has 0 heterocycles. The maximum Gasteiger partial charge on any atom is 0.255 e. The molecule has 2 aromatic carbocycles. The van der Waals surface area contributed by atoms with Crippen molar-refractivity contribution in [3.63, 3.8) is 0 Å². The third-order valence-corrected chi connectivity index (χ3v) is 3.36. The van der Waals surface area contributed by atoms with Crippen LogP contribution in [0.2, 0.25) is 0 Å². The normalized spacial score (nSPS) is 10.3. The van der Waals surface area contributed by atoms with Crippen molar-refractivity contribution in [2.45, 2.75) is 19.8 Å². The van der Waals surface area contributed by atoms with Gasteiger partial charge in [0.25, 0.3) is 5.91 Å². The number of benzene rings is 2. The average Bonchev–Trinajstić information content (AvgIpc) is 2.58. The lowest BCUT2D eigenvalue weighted by atomic mass is 10.1. The van der Waals surface area contributed by atoms with Crippen molar-refractivity contribution >= 4 is 11.6 Å². The Morgan fingerprint density at radius 1 is 1.12 bits per heavy atom. The van der Waals surface area contributed by atoms with E-state index in [1.54, 1.807) is 6.07 Å². The van der Waals surface area contributed by atoms with E-state index in [4.69, 9.17) is 9.47 Å². The predicted molar refractivity (Wildman–Crippen MR) is 87.7 cm³/mol. The Morgan fingerprint density at radius 2 is 1.92 bits per heavy atom. The minimum Gasteiger partial charge on any atom is -0.493 e. The molecule has 0 saturated heterocycles. The molecule has 0 radical (unpaired) electrons. The summed E-state index contributed by atoms with van der Waals surface area (Å²) in [5.74, 6) is -0.990. The molecule has 0 aliphatic heterocycles. The molecule has 128 valence electrons. The standard InChI is InChI=1S/C18H19F2NO3/c1-3-4-9-24-16-8-5-12(10-17(16)23-2)18(22)21-15-11-13(19)6-7-14(15)20/h5-8,10-11H,3-4,9H2,1-2H3,(H,21,22). The molecular formula is C18H19F2NO3. The fourth-order valence-electron chi connectivity index (χ4n) is 2.04. The number of ether oxygens (including phenoxy) is 2. The van der Waals surface area contributed by atoms with E-state index in [0.29, 0.717) is 18.1 Å². The van der Waals surface area contributed by atoms with Gasteiger partial charge in [-0.05, 0) is 36.8 Å². The van der Waals surface area contributed by atoms with Gasteiger partial charge in [0.05, 0.1) is 19.4 Å². The van der Waals surface area contributed by atoms with Crippen LogP contribution in [-0.4, -0.2) is 19.6 Å². The Bertz CT molecular complexity index is 719. The van der Waals surface area contributed by atoms with Crippen LogP contribution in [-0.2, 0) is 0 Å². The third kappa shape index (κ3) is 4.44. The Kier molecular flexibility index (Phi) is 6.12. The number of anilines is 1. The number of unbranched alkanes of at least 4 members (excludes halogenated alkanes) is 1. The number of hydrogen-bond donors (Lipinski definition) is 1. The highest BCUT2D eigenvalue weighted by atomic mass is 19.1. The van der Waals surface area contributed by atoms with Crippen LogP contribution in [0.25, 0.3) is 0 Å². The quantitative estimate of drug-likeness (QED) is 0.763. The highest BCUT2D eigenvalue weighted by Crippen LogP contribution is 2.29. The molecule has 0 saturated carbocycles. The predicted octanol–water partition coefficient (Wildman–Crippen LogP) is 4.40. The first-order valence-electron chi connectivity index (χ1n) is 7.62. The summed E-state index contributed by atoms with van der Waals surface area (Å²) < 4.78 is 37.6.